The smallest absolute Gasteiger partial charge is 0.407 e. The Kier molecular flexibility index (Phi) is 6.63. The molecule has 2 aromatic carbocycles. The number of carbonyl (C=O) groups is 1. The Balaban J connectivity index is 1.60. The van der Waals surface area contributed by atoms with Crippen LogP contribution >= 0.6 is 0 Å². The highest BCUT2D eigenvalue weighted by atomic mass is 16.5. The van der Waals surface area contributed by atoms with Gasteiger partial charge < -0.3 is 14.8 Å². The van der Waals surface area contributed by atoms with Crippen molar-refractivity contribution in [2.24, 2.45) is 0 Å². The van der Waals surface area contributed by atoms with Gasteiger partial charge in [-0.25, -0.2) is 4.79 Å². The number of methoxy groups -OCH3 is 1. The van der Waals surface area contributed by atoms with Crippen molar-refractivity contribution in [2.75, 3.05) is 33.4 Å². The number of likely N-dealkylation sites (tertiary alicyclic amines) is 1. The van der Waals surface area contributed by atoms with E-state index in [1.54, 1.807) is 7.11 Å². The first kappa shape index (κ1) is 18.4. The maximum atomic E-state index is 12.3. The number of nitrogens with one attached hydrogen (secondary N) is 1. The molecule has 138 valence electrons. The number of carbonyl (C=O) groups excluding carboxylic acids is 1. The molecule has 1 heterocycles. The van der Waals surface area contributed by atoms with E-state index in [0.717, 1.165) is 25.2 Å². The van der Waals surface area contributed by atoms with Crippen molar-refractivity contribution in [1.29, 1.82) is 0 Å². The summed E-state index contributed by atoms with van der Waals surface area (Å²) >= 11 is 0. The van der Waals surface area contributed by atoms with Crippen LogP contribution in [0.5, 0.6) is 0 Å². The van der Waals surface area contributed by atoms with Crippen LogP contribution in [0.3, 0.4) is 0 Å². The molecular formula is C21H26N2O3. The predicted octanol–water partition coefficient (Wildman–Crippen LogP) is 3.03. The van der Waals surface area contributed by atoms with Gasteiger partial charge in [0.05, 0.1) is 12.6 Å². The van der Waals surface area contributed by atoms with Crippen molar-refractivity contribution in [3.8, 4) is 0 Å². The van der Waals surface area contributed by atoms with E-state index < -0.39 is 0 Å². The average molecular weight is 354 g/mol. The third-order valence-electron chi connectivity index (χ3n) is 4.75. The van der Waals surface area contributed by atoms with E-state index in [4.69, 9.17) is 9.47 Å². The van der Waals surface area contributed by atoms with Gasteiger partial charge in [-0.1, -0.05) is 60.7 Å². The molecule has 0 spiro atoms. The first-order valence-corrected chi connectivity index (χ1v) is 8.99. The minimum absolute atomic E-state index is 0.0255. The van der Waals surface area contributed by atoms with Crippen molar-refractivity contribution in [1.82, 2.24) is 10.2 Å². The molecule has 2 atom stereocenters. The highest BCUT2D eigenvalue weighted by Gasteiger charge is 2.34. The molecule has 1 saturated heterocycles. The molecule has 1 fully saturated rings. The minimum Gasteiger partial charge on any atom is -0.445 e. The summed E-state index contributed by atoms with van der Waals surface area (Å²) in [6.07, 6.45) is -0.367. The Morgan fingerprint density at radius 3 is 2.46 bits per heavy atom. The van der Waals surface area contributed by atoms with Gasteiger partial charge >= 0.3 is 6.09 Å². The number of amides is 1. The largest absolute Gasteiger partial charge is 0.445 e. The van der Waals surface area contributed by atoms with Gasteiger partial charge in [0.1, 0.15) is 6.61 Å². The number of benzene rings is 2. The molecule has 1 amide bonds. The summed E-state index contributed by atoms with van der Waals surface area (Å²) in [6.45, 7) is 3.52. The van der Waals surface area contributed by atoms with Crippen LogP contribution < -0.4 is 5.32 Å². The lowest BCUT2D eigenvalue weighted by Crippen LogP contribution is -2.40. The summed E-state index contributed by atoms with van der Waals surface area (Å²) in [5.74, 6) is 0.248. The van der Waals surface area contributed by atoms with Crippen LogP contribution in [0.2, 0.25) is 0 Å². The molecule has 0 aromatic heterocycles. The summed E-state index contributed by atoms with van der Waals surface area (Å²) in [5.41, 5.74) is 2.22. The summed E-state index contributed by atoms with van der Waals surface area (Å²) in [5, 5.41) is 3.06. The Hall–Kier alpha value is -2.37. The minimum atomic E-state index is -0.367. The number of hydrogen-bond acceptors (Lipinski definition) is 4. The number of nitrogens with zero attached hydrogens (tertiary/aromatic N) is 1. The summed E-state index contributed by atoms with van der Waals surface area (Å²) in [7, 11) is 1.71. The van der Waals surface area contributed by atoms with E-state index in [0.29, 0.717) is 6.61 Å². The van der Waals surface area contributed by atoms with Gasteiger partial charge in [0, 0.05) is 32.7 Å². The number of alkyl carbamates (subject to hydrolysis) is 1. The van der Waals surface area contributed by atoms with Crippen LogP contribution in [0.25, 0.3) is 0 Å². The zero-order valence-corrected chi connectivity index (χ0v) is 15.1. The van der Waals surface area contributed by atoms with Gasteiger partial charge in [-0.15, -0.1) is 0 Å². The van der Waals surface area contributed by atoms with Crippen molar-refractivity contribution >= 4 is 6.09 Å². The standard InChI is InChI=1S/C21H26N2O3/c1-25-13-12-23-14-19(18-10-6-3-7-11-18)20(15-23)22-21(24)26-16-17-8-4-2-5-9-17/h2-11,19-20H,12-16H2,1H3,(H,22,24)/t19-,20-/m0/s1. The monoisotopic (exact) mass is 354 g/mol. The Labute approximate surface area is 154 Å². The predicted molar refractivity (Wildman–Crippen MR) is 101 cm³/mol. The Morgan fingerprint density at radius 2 is 1.77 bits per heavy atom. The van der Waals surface area contributed by atoms with Gasteiger partial charge in [0.2, 0.25) is 0 Å². The maximum absolute atomic E-state index is 12.3. The van der Waals surface area contributed by atoms with E-state index in [-0.39, 0.29) is 24.7 Å². The quantitative estimate of drug-likeness (QED) is 0.830. The van der Waals surface area contributed by atoms with Gasteiger partial charge in [-0.2, -0.15) is 0 Å². The second-order valence-corrected chi connectivity index (χ2v) is 6.58. The molecule has 0 bridgehead atoms. The van der Waals surface area contributed by atoms with E-state index in [2.05, 4.69) is 22.3 Å². The first-order valence-electron chi connectivity index (χ1n) is 8.99. The highest BCUT2D eigenvalue weighted by molar-refractivity contribution is 5.68. The van der Waals surface area contributed by atoms with Crippen LogP contribution in [0, 0.1) is 0 Å². The van der Waals surface area contributed by atoms with Gasteiger partial charge in [-0.05, 0) is 11.1 Å². The van der Waals surface area contributed by atoms with Gasteiger partial charge in [-0.3, -0.25) is 4.90 Å². The average Bonchev–Trinajstić information content (AvgIpc) is 3.09. The molecular weight excluding hydrogens is 328 g/mol. The molecule has 1 aliphatic rings. The van der Waals surface area contributed by atoms with Gasteiger partial charge in [0.25, 0.3) is 0 Å². The molecule has 0 saturated carbocycles. The molecule has 1 N–H and O–H groups in total. The first-order chi connectivity index (χ1) is 12.8. The van der Waals surface area contributed by atoms with E-state index in [9.17, 15) is 4.79 Å². The van der Waals surface area contributed by atoms with Crippen molar-refractivity contribution < 1.29 is 14.3 Å². The van der Waals surface area contributed by atoms with E-state index in [1.165, 1.54) is 5.56 Å². The molecule has 0 aliphatic carbocycles. The normalized spacial score (nSPS) is 20.0. The molecule has 5 heteroatoms. The van der Waals surface area contributed by atoms with E-state index >= 15 is 0 Å². The summed E-state index contributed by atoms with van der Waals surface area (Å²) in [6, 6.07) is 20.1. The SMILES string of the molecule is COCCN1C[C@H](NC(=O)OCc2ccccc2)[C@H](c2ccccc2)C1. The zero-order chi connectivity index (χ0) is 18.2. The fourth-order valence-electron chi connectivity index (χ4n) is 3.39. The molecule has 26 heavy (non-hydrogen) atoms. The lowest BCUT2D eigenvalue weighted by Gasteiger charge is -2.20. The summed E-state index contributed by atoms with van der Waals surface area (Å²) in [4.78, 5) is 14.6. The van der Waals surface area contributed by atoms with E-state index in [1.807, 2.05) is 48.5 Å². The molecule has 0 radical (unpaired) electrons. The molecule has 2 aromatic rings. The van der Waals surface area contributed by atoms with Crippen LogP contribution in [0.4, 0.5) is 4.79 Å². The second kappa shape index (κ2) is 9.36. The summed E-state index contributed by atoms with van der Waals surface area (Å²) < 4.78 is 10.6. The van der Waals surface area contributed by atoms with Crippen LogP contribution in [0.1, 0.15) is 17.0 Å². The fourth-order valence-corrected chi connectivity index (χ4v) is 3.39. The van der Waals surface area contributed by atoms with Crippen LogP contribution in [0.15, 0.2) is 60.7 Å². The Bertz CT molecular complexity index is 678. The second-order valence-electron chi connectivity index (χ2n) is 6.58. The molecule has 3 rings (SSSR count). The maximum Gasteiger partial charge on any atom is 0.407 e. The molecule has 1 aliphatic heterocycles. The van der Waals surface area contributed by atoms with Crippen LogP contribution in [-0.2, 0) is 16.1 Å². The lowest BCUT2D eigenvalue weighted by molar-refractivity contribution is 0.134. The van der Waals surface area contributed by atoms with Crippen molar-refractivity contribution in [3.05, 3.63) is 71.8 Å². The zero-order valence-electron chi connectivity index (χ0n) is 15.1. The lowest BCUT2D eigenvalue weighted by atomic mass is 9.94. The number of ether oxygens (including phenoxy) is 2. The highest BCUT2D eigenvalue weighted by Crippen LogP contribution is 2.27. The third-order valence-corrected chi connectivity index (χ3v) is 4.75. The van der Waals surface area contributed by atoms with Crippen molar-refractivity contribution in [3.63, 3.8) is 0 Å². The van der Waals surface area contributed by atoms with Crippen LogP contribution in [-0.4, -0.2) is 50.4 Å². The molecule has 0 unspecified atom stereocenters. The topological polar surface area (TPSA) is 50.8 Å². The number of rotatable bonds is 7. The fraction of sp³-hybridized carbons (Fsp3) is 0.381. The van der Waals surface area contributed by atoms with Crippen molar-refractivity contribution in [2.45, 2.75) is 18.6 Å². The third kappa shape index (κ3) is 5.07. The number of hydrogen-bond donors (Lipinski definition) is 1. The Morgan fingerprint density at radius 1 is 1.08 bits per heavy atom. The molecule has 5 nitrogen and oxygen atoms in total. The van der Waals surface area contributed by atoms with Gasteiger partial charge in [0.15, 0.2) is 0 Å².